The molecule has 41 heavy (non-hydrogen) atoms. The molecule has 7 rings (SSSR count). The van der Waals surface area contributed by atoms with Crippen molar-refractivity contribution in [2.45, 2.75) is 42.6 Å². The number of hydrogen-bond donors (Lipinski definition) is 0. The summed E-state index contributed by atoms with van der Waals surface area (Å²) in [7, 11) is 0. The molecule has 4 aromatic rings. The summed E-state index contributed by atoms with van der Waals surface area (Å²) in [5.74, 6) is 1.60. The van der Waals surface area contributed by atoms with E-state index in [0.717, 1.165) is 47.5 Å². The molecule has 1 atom stereocenters. The van der Waals surface area contributed by atoms with Gasteiger partial charge in [-0.15, -0.1) is 11.8 Å². The average molecular weight is 566 g/mol. The van der Waals surface area contributed by atoms with Gasteiger partial charge in [-0.25, -0.2) is 0 Å². The molecular formula is C33H31N3O4S. The molecule has 2 bridgehead atoms. The van der Waals surface area contributed by atoms with Crippen LogP contribution < -0.4 is 19.9 Å². The maximum Gasteiger partial charge on any atom is 0.277 e. The number of aromatic nitrogens is 1. The Hall–Kier alpha value is -4.17. The minimum absolute atomic E-state index is 0.0872. The number of thioether (sulfide) groups is 1. The van der Waals surface area contributed by atoms with Gasteiger partial charge in [-0.2, -0.15) is 0 Å². The largest absolute Gasteiger partial charge is 0.493 e. The third-order valence-corrected chi connectivity index (χ3v) is 9.14. The average Bonchev–Trinajstić information content (AvgIpc) is 3.17. The lowest BCUT2D eigenvalue weighted by Gasteiger charge is -2.45. The molecule has 7 nitrogen and oxygen atoms in total. The van der Waals surface area contributed by atoms with Crippen molar-refractivity contribution < 1.29 is 14.3 Å². The minimum atomic E-state index is -0.301. The first-order valence-electron chi connectivity index (χ1n) is 14.1. The number of carbonyl (C=O) groups is 1. The topological polar surface area (TPSA) is 64.0 Å². The standard InChI is InChI=1S/C33H31N3O4S/c37-26-16-18-35-31(32(26)40-20-23-10-3-1-4-11-23)33(38)34-17-7-2-8-19-39-27-14-9-12-24-21-41-28-15-6-5-13-25(28)30(29(24)27)36(35)22-34/h1,3-6,9-16,18,30H,2,7-8,17,19-22H2. The number of nitrogens with zero attached hydrogens (tertiary/aromatic N) is 3. The number of carbonyl (C=O) groups excluding carboxylic acids is 1. The zero-order chi connectivity index (χ0) is 27.8. The highest BCUT2D eigenvalue weighted by atomic mass is 32.2. The van der Waals surface area contributed by atoms with Gasteiger partial charge in [0.05, 0.1) is 6.61 Å². The molecule has 0 fully saturated rings. The molecule has 208 valence electrons. The van der Waals surface area contributed by atoms with Gasteiger partial charge in [0, 0.05) is 35.0 Å². The summed E-state index contributed by atoms with van der Waals surface area (Å²) in [4.78, 5) is 30.4. The Balaban J connectivity index is 1.44. The first-order valence-corrected chi connectivity index (χ1v) is 15.1. The summed E-state index contributed by atoms with van der Waals surface area (Å²) in [6, 6.07) is 25.7. The van der Waals surface area contributed by atoms with E-state index in [1.54, 1.807) is 6.20 Å². The van der Waals surface area contributed by atoms with Crippen LogP contribution in [0.25, 0.3) is 0 Å². The Kier molecular flexibility index (Phi) is 6.92. The van der Waals surface area contributed by atoms with Crippen molar-refractivity contribution in [2.75, 3.05) is 24.8 Å². The van der Waals surface area contributed by atoms with Crippen LogP contribution in [0.2, 0.25) is 0 Å². The first-order chi connectivity index (χ1) is 20.2. The van der Waals surface area contributed by atoms with Crippen LogP contribution in [0, 0.1) is 0 Å². The van der Waals surface area contributed by atoms with Gasteiger partial charge in [0.15, 0.2) is 11.4 Å². The lowest BCUT2D eigenvalue weighted by atomic mass is 9.93. The van der Waals surface area contributed by atoms with Gasteiger partial charge in [0.25, 0.3) is 5.91 Å². The number of ether oxygens (including phenoxy) is 2. The second kappa shape index (κ2) is 11.0. The van der Waals surface area contributed by atoms with E-state index in [0.29, 0.717) is 19.8 Å². The zero-order valence-electron chi connectivity index (χ0n) is 22.7. The number of rotatable bonds is 3. The molecule has 1 aromatic heterocycles. The van der Waals surface area contributed by atoms with Gasteiger partial charge in [-0.3, -0.25) is 19.3 Å². The number of hydrogen-bond acceptors (Lipinski definition) is 6. The molecule has 3 aliphatic rings. The molecule has 1 amide bonds. The van der Waals surface area contributed by atoms with E-state index in [9.17, 15) is 9.59 Å². The van der Waals surface area contributed by atoms with Crippen LogP contribution in [0.3, 0.4) is 0 Å². The van der Waals surface area contributed by atoms with Gasteiger partial charge in [0.1, 0.15) is 25.1 Å². The van der Waals surface area contributed by atoms with Crippen molar-refractivity contribution >= 4 is 17.7 Å². The highest BCUT2D eigenvalue weighted by Crippen LogP contribution is 2.46. The molecule has 8 heteroatoms. The smallest absolute Gasteiger partial charge is 0.277 e. The van der Waals surface area contributed by atoms with E-state index >= 15 is 0 Å². The molecule has 0 aliphatic carbocycles. The lowest BCUT2D eigenvalue weighted by Crippen LogP contribution is -2.56. The van der Waals surface area contributed by atoms with E-state index in [4.69, 9.17) is 9.47 Å². The van der Waals surface area contributed by atoms with Crippen LogP contribution in [0.5, 0.6) is 11.5 Å². The van der Waals surface area contributed by atoms with Crippen LogP contribution in [0.1, 0.15) is 58.0 Å². The summed E-state index contributed by atoms with van der Waals surface area (Å²) in [5, 5.41) is 2.20. The van der Waals surface area contributed by atoms with Crippen LogP contribution in [-0.2, 0) is 12.4 Å². The summed E-state index contributed by atoms with van der Waals surface area (Å²) < 4.78 is 14.5. The maximum absolute atomic E-state index is 14.1. The first kappa shape index (κ1) is 25.8. The molecule has 4 heterocycles. The Labute approximate surface area is 243 Å². The molecule has 3 aliphatic heterocycles. The van der Waals surface area contributed by atoms with Crippen LogP contribution in [0.4, 0.5) is 0 Å². The third-order valence-electron chi connectivity index (χ3n) is 8.00. The number of benzene rings is 3. The predicted octanol–water partition coefficient (Wildman–Crippen LogP) is 5.74. The van der Waals surface area contributed by atoms with Gasteiger partial charge < -0.3 is 14.4 Å². The fraction of sp³-hybridized carbons (Fsp3) is 0.273. The lowest BCUT2D eigenvalue weighted by molar-refractivity contribution is 0.0670. The van der Waals surface area contributed by atoms with Crippen molar-refractivity contribution in [3.8, 4) is 11.5 Å². The number of amides is 1. The number of pyridine rings is 1. The second-order valence-corrected chi connectivity index (χ2v) is 11.6. The Morgan fingerprint density at radius 2 is 1.76 bits per heavy atom. The molecule has 0 radical (unpaired) electrons. The van der Waals surface area contributed by atoms with E-state index in [1.165, 1.54) is 16.5 Å². The summed E-state index contributed by atoms with van der Waals surface area (Å²) in [6.45, 7) is 1.80. The van der Waals surface area contributed by atoms with Crippen LogP contribution in [-0.4, -0.2) is 35.3 Å². The Bertz CT molecular complexity index is 1650. The van der Waals surface area contributed by atoms with Gasteiger partial charge >= 0.3 is 0 Å². The molecule has 0 N–H and O–H groups in total. The Morgan fingerprint density at radius 3 is 2.66 bits per heavy atom. The fourth-order valence-electron chi connectivity index (χ4n) is 6.00. The van der Waals surface area contributed by atoms with E-state index in [-0.39, 0.29) is 35.4 Å². The van der Waals surface area contributed by atoms with Gasteiger partial charge in [0.2, 0.25) is 5.43 Å². The molecule has 0 spiro atoms. The van der Waals surface area contributed by atoms with Crippen molar-refractivity contribution in [2.24, 2.45) is 0 Å². The predicted molar refractivity (Wildman–Crippen MR) is 159 cm³/mol. The van der Waals surface area contributed by atoms with Gasteiger partial charge in [-0.05, 0) is 48.1 Å². The quantitative estimate of drug-likeness (QED) is 0.316. The van der Waals surface area contributed by atoms with Crippen LogP contribution in [0.15, 0.2) is 94.7 Å². The third kappa shape index (κ3) is 4.76. The van der Waals surface area contributed by atoms with E-state index < -0.39 is 0 Å². The highest BCUT2D eigenvalue weighted by molar-refractivity contribution is 7.98. The van der Waals surface area contributed by atoms with Crippen molar-refractivity contribution in [3.63, 3.8) is 0 Å². The highest BCUT2D eigenvalue weighted by Gasteiger charge is 2.40. The molecule has 0 saturated heterocycles. The molecule has 3 aromatic carbocycles. The summed E-state index contributed by atoms with van der Waals surface area (Å²) in [6.07, 6.45) is 4.43. The van der Waals surface area contributed by atoms with Crippen LogP contribution >= 0.6 is 11.8 Å². The molecule has 1 unspecified atom stereocenters. The Morgan fingerprint density at radius 1 is 0.902 bits per heavy atom. The SMILES string of the molecule is O=C1c2c(OCc3ccccc3)c(=O)ccn2N2CN1CCCCCOc1cccc3c1C2c1ccccc1SC3. The second-order valence-electron chi connectivity index (χ2n) is 10.6. The van der Waals surface area contributed by atoms with E-state index in [2.05, 4.69) is 47.5 Å². The number of fused-ring (bicyclic) bond motifs is 7. The zero-order valence-corrected chi connectivity index (χ0v) is 23.5. The van der Waals surface area contributed by atoms with Crippen molar-refractivity contribution in [1.82, 2.24) is 9.58 Å². The summed E-state index contributed by atoms with van der Waals surface area (Å²) >= 11 is 1.82. The van der Waals surface area contributed by atoms with Crippen molar-refractivity contribution in [3.05, 3.63) is 123 Å². The fourth-order valence-corrected chi connectivity index (χ4v) is 7.08. The summed E-state index contributed by atoms with van der Waals surface area (Å²) in [5.41, 5.74) is 4.36. The maximum atomic E-state index is 14.1. The van der Waals surface area contributed by atoms with Gasteiger partial charge in [-0.1, -0.05) is 60.7 Å². The molecule has 0 saturated carbocycles. The minimum Gasteiger partial charge on any atom is -0.493 e. The normalized spacial score (nSPS) is 18.0. The van der Waals surface area contributed by atoms with E-state index in [1.807, 2.05) is 51.7 Å². The molecular weight excluding hydrogens is 534 g/mol. The van der Waals surface area contributed by atoms with Crippen molar-refractivity contribution in [1.29, 1.82) is 0 Å². The monoisotopic (exact) mass is 565 g/mol.